The van der Waals surface area contributed by atoms with E-state index >= 15 is 0 Å². The Bertz CT molecular complexity index is 556. The Morgan fingerprint density at radius 3 is 2.79 bits per heavy atom. The van der Waals surface area contributed by atoms with Gasteiger partial charge in [-0.1, -0.05) is 0 Å². The Balaban J connectivity index is 2.22. The third-order valence-corrected chi connectivity index (χ3v) is 4.80. The first kappa shape index (κ1) is 13.9. The molecule has 0 spiro atoms. The third-order valence-electron chi connectivity index (χ3n) is 2.92. The molecular weight excluding hydrogens is 268 g/mol. The number of sulfonamides is 1. The van der Waals surface area contributed by atoms with Crippen LogP contribution in [0.2, 0.25) is 0 Å². The summed E-state index contributed by atoms with van der Waals surface area (Å²) in [7, 11) is -3.60. The van der Waals surface area contributed by atoms with Crippen molar-refractivity contribution in [3.8, 4) is 0 Å². The number of carbonyl (C=O) groups excluding carboxylic acids is 1. The normalized spacial score (nSPS) is 17.8. The minimum absolute atomic E-state index is 0.124. The molecule has 1 saturated heterocycles. The van der Waals surface area contributed by atoms with Gasteiger partial charge in [0.25, 0.3) is 0 Å². The van der Waals surface area contributed by atoms with Crippen LogP contribution in [-0.2, 0) is 21.4 Å². The van der Waals surface area contributed by atoms with Crippen LogP contribution in [0.5, 0.6) is 0 Å². The number of nitrogens with zero attached hydrogens (tertiary/aromatic N) is 2. The summed E-state index contributed by atoms with van der Waals surface area (Å²) in [5.41, 5.74) is 6.05. The van der Waals surface area contributed by atoms with E-state index in [2.05, 4.69) is 10.3 Å². The lowest BCUT2D eigenvalue weighted by molar-refractivity contribution is -0.120. The zero-order chi connectivity index (χ0) is 13.9. The maximum Gasteiger partial charge on any atom is 0.244 e. The number of hydrogen-bond acceptors (Lipinski definition) is 5. The molecule has 1 fully saturated rings. The number of nitrogens with one attached hydrogen (secondary N) is 1. The van der Waals surface area contributed by atoms with E-state index in [1.807, 2.05) is 0 Å². The van der Waals surface area contributed by atoms with Gasteiger partial charge in [0.2, 0.25) is 15.9 Å². The largest absolute Gasteiger partial charge is 0.355 e. The fourth-order valence-electron chi connectivity index (χ4n) is 1.82. The molecule has 7 nitrogen and oxygen atoms in total. The van der Waals surface area contributed by atoms with Crippen molar-refractivity contribution in [2.75, 3.05) is 19.6 Å². The predicted molar refractivity (Wildman–Crippen MR) is 68.5 cm³/mol. The summed E-state index contributed by atoms with van der Waals surface area (Å²) in [6, 6.07) is 3.08. The number of carbonyl (C=O) groups is 1. The number of rotatable bonds is 3. The number of hydrogen-bond donors (Lipinski definition) is 2. The lowest BCUT2D eigenvalue weighted by Gasteiger charge is -2.18. The fourth-order valence-corrected chi connectivity index (χ4v) is 3.21. The van der Waals surface area contributed by atoms with Crippen LogP contribution in [0.1, 0.15) is 12.1 Å². The number of amides is 1. The monoisotopic (exact) mass is 284 g/mol. The second kappa shape index (κ2) is 5.64. The van der Waals surface area contributed by atoms with Crippen LogP contribution in [0.3, 0.4) is 0 Å². The molecular formula is C11H16N4O3S. The summed E-state index contributed by atoms with van der Waals surface area (Å²) in [4.78, 5) is 15.3. The molecule has 8 heteroatoms. The highest BCUT2D eigenvalue weighted by molar-refractivity contribution is 7.89. The molecule has 0 radical (unpaired) electrons. The standard InChI is InChI=1S/C11H16N4O3S/c12-7-9-1-2-10(8-14-9)19(17,18)15-5-3-11(16)13-4-6-15/h1-2,8H,3-7,12H2,(H,13,16). The van der Waals surface area contributed by atoms with Gasteiger partial charge in [0, 0.05) is 38.8 Å². The van der Waals surface area contributed by atoms with E-state index in [0.717, 1.165) is 0 Å². The van der Waals surface area contributed by atoms with Crippen molar-refractivity contribution in [1.82, 2.24) is 14.6 Å². The van der Waals surface area contributed by atoms with Gasteiger partial charge in [-0.3, -0.25) is 9.78 Å². The molecule has 1 amide bonds. The van der Waals surface area contributed by atoms with Gasteiger partial charge in [0.15, 0.2) is 0 Å². The average molecular weight is 284 g/mol. The van der Waals surface area contributed by atoms with Crippen LogP contribution in [0, 0.1) is 0 Å². The van der Waals surface area contributed by atoms with E-state index in [9.17, 15) is 13.2 Å². The molecule has 2 heterocycles. The quantitative estimate of drug-likeness (QED) is 0.744. The Labute approximate surface area is 111 Å². The van der Waals surface area contributed by atoms with Gasteiger partial charge in [0.1, 0.15) is 4.90 Å². The molecule has 1 aliphatic rings. The first-order valence-electron chi connectivity index (χ1n) is 5.96. The SMILES string of the molecule is NCc1ccc(S(=O)(=O)N2CCNC(=O)CC2)cn1. The second-order valence-electron chi connectivity index (χ2n) is 4.19. The van der Waals surface area contributed by atoms with E-state index < -0.39 is 10.0 Å². The highest BCUT2D eigenvalue weighted by Gasteiger charge is 2.26. The van der Waals surface area contributed by atoms with Crippen LogP contribution in [0.4, 0.5) is 0 Å². The van der Waals surface area contributed by atoms with Gasteiger partial charge in [-0.25, -0.2) is 8.42 Å². The van der Waals surface area contributed by atoms with E-state index in [-0.39, 0.29) is 36.9 Å². The molecule has 2 rings (SSSR count). The topological polar surface area (TPSA) is 105 Å². The summed E-state index contributed by atoms with van der Waals surface area (Å²) in [5, 5.41) is 2.64. The average Bonchev–Trinajstić information content (AvgIpc) is 2.64. The molecule has 3 N–H and O–H groups in total. The van der Waals surface area contributed by atoms with Crippen molar-refractivity contribution in [1.29, 1.82) is 0 Å². The van der Waals surface area contributed by atoms with E-state index in [0.29, 0.717) is 12.2 Å². The van der Waals surface area contributed by atoms with Crippen molar-refractivity contribution >= 4 is 15.9 Å². The van der Waals surface area contributed by atoms with E-state index in [4.69, 9.17) is 5.73 Å². The molecule has 1 aromatic heterocycles. The van der Waals surface area contributed by atoms with Crippen LogP contribution in [0.15, 0.2) is 23.2 Å². The third kappa shape index (κ3) is 3.09. The molecule has 1 aliphatic heterocycles. The first-order valence-corrected chi connectivity index (χ1v) is 7.40. The van der Waals surface area contributed by atoms with Crippen LogP contribution in [-0.4, -0.2) is 43.2 Å². The molecule has 0 aromatic carbocycles. The lowest BCUT2D eigenvalue weighted by atomic mass is 10.4. The summed E-state index contributed by atoms with van der Waals surface area (Å²) in [6.45, 7) is 1.05. The minimum atomic E-state index is -3.60. The molecule has 19 heavy (non-hydrogen) atoms. The molecule has 0 bridgehead atoms. The molecule has 0 unspecified atom stereocenters. The first-order chi connectivity index (χ1) is 9.04. The van der Waals surface area contributed by atoms with Crippen molar-refractivity contribution < 1.29 is 13.2 Å². The Hall–Kier alpha value is -1.51. The Morgan fingerprint density at radius 1 is 1.37 bits per heavy atom. The van der Waals surface area contributed by atoms with Crippen LogP contribution in [0.25, 0.3) is 0 Å². The van der Waals surface area contributed by atoms with Gasteiger partial charge in [-0.15, -0.1) is 0 Å². The minimum Gasteiger partial charge on any atom is -0.355 e. The highest BCUT2D eigenvalue weighted by Crippen LogP contribution is 2.16. The Kier molecular flexibility index (Phi) is 4.13. The van der Waals surface area contributed by atoms with Crippen LogP contribution >= 0.6 is 0 Å². The van der Waals surface area contributed by atoms with Gasteiger partial charge in [-0.05, 0) is 12.1 Å². The Morgan fingerprint density at radius 2 is 2.16 bits per heavy atom. The van der Waals surface area contributed by atoms with Crippen molar-refractivity contribution in [2.45, 2.75) is 17.9 Å². The molecule has 1 aromatic rings. The maximum absolute atomic E-state index is 12.4. The zero-order valence-corrected chi connectivity index (χ0v) is 11.2. The molecule has 0 aliphatic carbocycles. The summed E-state index contributed by atoms with van der Waals surface area (Å²) in [5.74, 6) is -0.130. The van der Waals surface area contributed by atoms with Gasteiger partial charge in [0.05, 0.1) is 5.69 Å². The van der Waals surface area contributed by atoms with Crippen molar-refractivity contribution in [3.05, 3.63) is 24.0 Å². The molecule has 104 valence electrons. The van der Waals surface area contributed by atoms with Crippen molar-refractivity contribution in [3.63, 3.8) is 0 Å². The second-order valence-corrected chi connectivity index (χ2v) is 6.13. The van der Waals surface area contributed by atoms with E-state index in [1.54, 1.807) is 6.07 Å². The fraction of sp³-hybridized carbons (Fsp3) is 0.455. The predicted octanol–water partition coefficient (Wildman–Crippen LogP) is -0.949. The lowest BCUT2D eigenvalue weighted by Crippen LogP contribution is -2.34. The molecule has 0 saturated carbocycles. The molecule has 0 atom stereocenters. The van der Waals surface area contributed by atoms with Crippen LogP contribution < -0.4 is 11.1 Å². The van der Waals surface area contributed by atoms with Gasteiger partial charge < -0.3 is 11.1 Å². The van der Waals surface area contributed by atoms with Gasteiger partial charge >= 0.3 is 0 Å². The van der Waals surface area contributed by atoms with Gasteiger partial charge in [-0.2, -0.15) is 4.31 Å². The maximum atomic E-state index is 12.4. The highest BCUT2D eigenvalue weighted by atomic mass is 32.2. The van der Waals surface area contributed by atoms with Crippen molar-refractivity contribution in [2.24, 2.45) is 5.73 Å². The smallest absolute Gasteiger partial charge is 0.244 e. The summed E-state index contributed by atoms with van der Waals surface area (Å²) in [6.07, 6.45) is 1.48. The number of pyridine rings is 1. The summed E-state index contributed by atoms with van der Waals surface area (Å²) < 4.78 is 26.0. The number of aromatic nitrogens is 1. The van der Waals surface area contributed by atoms with E-state index in [1.165, 1.54) is 16.6 Å². The zero-order valence-electron chi connectivity index (χ0n) is 10.4. The number of nitrogens with two attached hydrogens (primary N) is 1. The summed E-state index contributed by atoms with van der Waals surface area (Å²) >= 11 is 0.